The maximum absolute atomic E-state index is 13.7. The molecule has 1 heterocycles. The maximum atomic E-state index is 13.7. The summed E-state index contributed by atoms with van der Waals surface area (Å²) in [5.74, 6) is 4.89. The van der Waals surface area contributed by atoms with Crippen LogP contribution in [0.1, 0.15) is 19.4 Å². The first-order valence-corrected chi connectivity index (χ1v) is 14.9. The Labute approximate surface area is 224 Å². The molecule has 2 aromatic rings. The molecule has 208 valence electrons. The lowest BCUT2D eigenvalue weighted by Crippen LogP contribution is -2.50. The first kappa shape index (κ1) is 30.0. The van der Waals surface area contributed by atoms with E-state index in [1.165, 1.54) is 35.6 Å². The van der Waals surface area contributed by atoms with Gasteiger partial charge in [-0.15, -0.1) is 0 Å². The summed E-state index contributed by atoms with van der Waals surface area (Å²) in [5.41, 5.74) is 0.537. The Bertz CT molecular complexity index is 1420. The number of hydrogen-bond acceptors (Lipinski definition) is 7. The quantitative estimate of drug-likeness (QED) is 0.509. The highest BCUT2D eigenvalue weighted by molar-refractivity contribution is 7.89. The molecule has 38 heavy (non-hydrogen) atoms. The third-order valence-electron chi connectivity index (χ3n) is 6.24. The number of hydrogen-bond donors (Lipinski definition) is 1. The van der Waals surface area contributed by atoms with Crippen molar-refractivity contribution in [2.75, 3.05) is 47.4 Å². The molecule has 0 amide bonds. The van der Waals surface area contributed by atoms with Gasteiger partial charge in [0.1, 0.15) is 22.6 Å². The van der Waals surface area contributed by atoms with Crippen molar-refractivity contribution in [1.82, 2.24) is 13.5 Å². The highest BCUT2D eigenvalue weighted by Crippen LogP contribution is 2.34. The molecule has 0 saturated carbocycles. The second kappa shape index (κ2) is 12.1. The minimum atomic E-state index is -4.05. The lowest BCUT2D eigenvalue weighted by atomic mass is 10.0. The fraction of sp³-hybridized carbons (Fsp3) is 0.462. The molecule has 3 rings (SSSR count). The van der Waals surface area contributed by atoms with Gasteiger partial charge in [-0.25, -0.2) is 21.2 Å². The van der Waals surface area contributed by atoms with E-state index in [-0.39, 0.29) is 28.6 Å². The second-order valence-corrected chi connectivity index (χ2v) is 13.6. The molecule has 1 aliphatic rings. The molecule has 1 N–H and O–H groups in total. The van der Waals surface area contributed by atoms with Gasteiger partial charge in [-0.05, 0) is 57.4 Å². The molecule has 0 radical (unpaired) electrons. The van der Waals surface area contributed by atoms with E-state index in [4.69, 9.17) is 4.74 Å². The topological polar surface area (TPSA) is 107 Å². The van der Waals surface area contributed by atoms with Crippen molar-refractivity contribution >= 4 is 20.0 Å². The third-order valence-corrected chi connectivity index (χ3v) is 10.1. The van der Waals surface area contributed by atoms with Crippen molar-refractivity contribution in [1.29, 1.82) is 0 Å². The van der Waals surface area contributed by atoms with Crippen LogP contribution in [0.3, 0.4) is 0 Å². The van der Waals surface area contributed by atoms with E-state index in [0.717, 1.165) is 16.4 Å². The number of benzene rings is 2. The highest BCUT2D eigenvalue weighted by atomic mass is 32.2. The molecular formula is C26H34FN3O6S2. The normalized spacial score (nSPS) is 20.6. The van der Waals surface area contributed by atoms with Gasteiger partial charge in [-0.3, -0.25) is 4.90 Å². The fourth-order valence-corrected chi connectivity index (χ4v) is 7.02. The number of halogens is 1. The summed E-state index contributed by atoms with van der Waals surface area (Å²) >= 11 is 0. The molecule has 0 unspecified atom stereocenters. The van der Waals surface area contributed by atoms with Crippen LogP contribution in [-0.4, -0.2) is 95.0 Å². The Hall–Kier alpha value is -2.53. The Kier molecular flexibility index (Phi) is 9.57. The zero-order valence-corrected chi connectivity index (χ0v) is 23.8. The van der Waals surface area contributed by atoms with Crippen molar-refractivity contribution < 1.29 is 31.1 Å². The predicted octanol–water partition coefficient (Wildman–Crippen LogP) is 1.83. The molecule has 0 saturated heterocycles. The predicted molar refractivity (Wildman–Crippen MR) is 142 cm³/mol. The lowest BCUT2D eigenvalue weighted by Gasteiger charge is -2.37. The Morgan fingerprint density at radius 1 is 1.21 bits per heavy atom. The molecule has 0 spiro atoms. The molecule has 0 bridgehead atoms. The highest BCUT2D eigenvalue weighted by Gasteiger charge is 2.39. The summed E-state index contributed by atoms with van der Waals surface area (Å²) in [6.45, 7) is 3.33. The largest absolute Gasteiger partial charge is 0.487 e. The monoisotopic (exact) mass is 567 g/mol. The van der Waals surface area contributed by atoms with Crippen molar-refractivity contribution in [3.05, 3.63) is 53.8 Å². The number of ether oxygens (including phenoxy) is 1. The van der Waals surface area contributed by atoms with Crippen LogP contribution in [0.25, 0.3) is 0 Å². The molecule has 12 heteroatoms. The van der Waals surface area contributed by atoms with Crippen molar-refractivity contribution in [3.8, 4) is 17.6 Å². The van der Waals surface area contributed by atoms with Gasteiger partial charge < -0.3 is 9.84 Å². The second-order valence-electron chi connectivity index (χ2n) is 9.68. The van der Waals surface area contributed by atoms with E-state index in [1.54, 1.807) is 19.9 Å². The van der Waals surface area contributed by atoms with Gasteiger partial charge in [0.25, 0.3) is 0 Å². The summed E-state index contributed by atoms with van der Waals surface area (Å²) < 4.78 is 75.7. The fourth-order valence-electron chi connectivity index (χ4n) is 3.98. The van der Waals surface area contributed by atoms with Crippen LogP contribution in [0.2, 0.25) is 0 Å². The van der Waals surface area contributed by atoms with E-state index >= 15 is 0 Å². The number of likely N-dealkylation sites (N-methyl/N-ethyl adjacent to an activating group) is 1. The van der Waals surface area contributed by atoms with Crippen LogP contribution in [0.5, 0.6) is 5.75 Å². The zero-order chi connectivity index (χ0) is 28.3. The molecule has 0 aromatic heterocycles. The zero-order valence-electron chi connectivity index (χ0n) is 22.1. The number of aliphatic hydroxyl groups is 1. The Balaban J connectivity index is 2.05. The van der Waals surface area contributed by atoms with Gasteiger partial charge in [0.15, 0.2) is 0 Å². The lowest BCUT2D eigenvalue weighted by molar-refractivity contribution is 0.0904. The Morgan fingerprint density at radius 2 is 1.92 bits per heavy atom. The molecule has 2 aromatic carbocycles. The number of nitrogens with zero attached hydrogens (tertiary/aromatic N) is 3. The van der Waals surface area contributed by atoms with Gasteiger partial charge in [-0.2, -0.15) is 8.61 Å². The van der Waals surface area contributed by atoms with Crippen LogP contribution < -0.4 is 4.74 Å². The minimum Gasteiger partial charge on any atom is -0.487 e. The van der Waals surface area contributed by atoms with Crippen LogP contribution in [0, 0.1) is 23.6 Å². The number of rotatable bonds is 7. The van der Waals surface area contributed by atoms with Crippen LogP contribution in [0.4, 0.5) is 4.39 Å². The standard InChI is InChI=1S/C26H34FN3O6S2/c1-19-16-30(20(2)18-31)38(34,35)26-12-11-21(8-7-13-28(3)4)14-24(26)36-25(19)17-29(5)37(32,33)23-10-6-9-22(27)15-23/h6,9-12,14-15,19-20,25,31H,13,16-18H2,1-5H3/t19-,20-,25-/m0/s1. The average Bonchev–Trinajstić information content (AvgIpc) is 2.85. The summed E-state index contributed by atoms with van der Waals surface area (Å²) in [6.07, 6.45) is -0.768. The van der Waals surface area contributed by atoms with Gasteiger partial charge >= 0.3 is 0 Å². The summed E-state index contributed by atoms with van der Waals surface area (Å²) in [6, 6.07) is 8.55. The van der Waals surface area contributed by atoms with Crippen LogP contribution in [-0.2, 0) is 20.0 Å². The molecule has 3 atom stereocenters. The Morgan fingerprint density at radius 3 is 2.55 bits per heavy atom. The third kappa shape index (κ3) is 6.72. The van der Waals surface area contributed by atoms with Gasteiger partial charge in [0.2, 0.25) is 20.0 Å². The number of fused-ring (bicyclic) bond motifs is 1. The minimum absolute atomic E-state index is 0.00753. The SMILES string of the molecule is C[C@H]1CN([C@@H](C)CO)S(=O)(=O)c2ccc(C#CCN(C)C)cc2O[C@H]1CN(C)S(=O)(=O)c1cccc(F)c1. The van der Waals surface area contributed by atoms with Gasteiger partial charge in [-0.1, -0.05) is 24.8 Å². The average molecular weight is 568 g/mol. The molecule has 0 aliphatic carbocycles. The van der Waals surface area contributed by atoms with E-state index in [9.17, 15) is 26.3 Å². The maximum Gasteiger partial charge on any atom is 0.247 e. The van der Waals surface area contributed by atoms with E-state index in [2.05, 4.69) is 11.8 Å². The van der Waals surface area contributed by atoms with E-state index in [0.29, 0.717) is 12.1 Å². The van der Waals surface area contributed by atoms with Crippen molar-refractivity contribution in [3.63, 3.8) is 0 Å². The van der Waals surface area contributed by atoms with E-state index < -0.39 is 50.5 Å². The summed E-state index contributed by atoms with van der Waals surface area (Å²) in [5, 5.41) is 9.79. The first-order chi connectivity index (χ1) is 17.8. The molecule has 9 nitrogen and oxygen atoms in total. The molecule has 1 aliphatic heterocycles. The van der Waals surface area contributed by atoms with Gasteiger partial charge in [0, 0.05) is 31.1 Å². The van der Waals surface area contributed by atoms with Crippen LogP contribution >= 0.6 is 0 Å². The number of aliphatic hydroxyl groups excluding tert-OH is 1. The smallest absolute Gasteiger partial charge is 0.247 e. The van der Waals surface area contributed by atoms with Crippen molar-refractivity contribution in [2.45, 2.75) is 35.8 Å². The number of sulfonamides is 2. The van der Waals surface area contributed by atoms with Crippen molar-refractivity contribution in [2.24, 2.45) is 5.92 Å². The molecular weight excluding hydrogens is 533 g/mol. The van der Waals surface area contributed by atoms with E-state index in [1.807, 2.05) is 19.0 Å². The van der Waals surface area contributed by atoms with Gasteiger partial charge in [0.05, 0.1) is 24.6 Å². The summed E-state index contributed by atoms with van der Waals surface area (Å²) in [7, 11) is -2.98. The summed E-state index contributed by atoms with van der Waals surface area (Å²) in [4.78, 5) is 1.60. The van der Waals surface area contributed by atoms with Crippen LogP contribution in [0.15, 0.2) is 52.3 Å². The molecule has 0 fully saturated rings. The first-order valence-electron chi connectivity index (χ1n) is 12.1.